The van der Waals surface area contributed by atoms with Gasteiger partial charge < -0.3 is 28.7 Å². The van der Waals surface area contributed by atoms with Crippen molar-refractivity contribution in [3.63, 3.8) is 0 Å². The van der Waals surface area contributed by atoms with Crippen LogP contribution in [0.25, 0.3) is 0 Å². The number of nitrogens with zero attached hydrogens (tertiary/aromatic N) is 2. The summed E-state index contributed by atoms with van der Waals surface area (Å²) >= 11 is 0. The van der Waals surface area contributed by atoms with Crippen molar-refractivity contribution in [1.29, 1.82) is 0 Å². The zero-order valence-corrected chi connectivity index (χ0v) is 47.3. The Hall–Kier alpha value is -2.72. The second-order valence-electron chi connectivity index (χ2n) is 20.7. The average molecular weight is 1000 g/mol. The molecular weight excluding hydrogens is 889 g/mol. The van der Waals surface area contributed by atoms with Gasteiger partial charge >= 0.3 is 23.9 Å². The number of allylic oxidation sites excluding steroid dienone is 4. The molecule has 0 aliphatic rings. The third-order valence-electron chi connectivity index (χ3n) is 13.4. The second-order valence-corrected chi connectivity index (χ2v) is 20.7. The van der Waals surface area contributed by atoms with Crippen molar-refractivity contribution in [1.82, 2.24) is 9.80 Å². The Morgan fingerprint density at radius 1 is 0.366 bits per heavy atom. The molecule has 0 aliphatic heterocycles. The van der Waals surface area contributed by atoms with E-state index in [0.717, 1.165) is 122 Å². The molecule has 0 bridgehead atoms. The maximum absolute atomic E-state index is 12.7. The van der Waals surface area contributed by atoms with Gasteiger partial charge in [0.15, 0.2) is 0 Å². The van der Waals surface area contributed by atoms with E-state index in [0.29, 0.717) is 45.8 Å². The molecule has 0 unspecified atom stereocenters. The van der Waals surface area contributed by atoms with Gasteiger partial charge in [-0.1, -0.05) is 186 Å². The first-order chi connectivity index (χ1) is 34.7. The Morgan fingerprint density at radius 3 is 1.17 bits per heavy atom. The number of esters is 4. The molecule has 0 aromatic carbocycles. The molecule has 0 heterocycles. The van der Waals surface area contributed by atoms with Crippen molar-refractivity contribution in [3.05, 3.63) is 24.3 Å². The summed E-state index contributed by atoms with van der Waals surface area (Å²) in [5, 5.41) is 0. The highest BCUT2D eigenvalue weighted by atomic mass is 16.5. The van der Waals surface area contributed by atoms with Crippen LogP contribution in [0.15, 0.2) is 24.3 Å². The SMILES string of the molecule is CCCCC/C=C\C/C=C\CCCCCCCCOC(=O)CCCCCCCOC(=O)CCN(CCC(=O)OCCCCCCCC(=O)OC(CCCCCCCC)CCCCCCCC)CCN(C)C. The first kappa shape index (κ1) is 68.3. The molecule has 0 N–H and O–H groups in total. The Labute approximate surface area is 438 Å². The summed E-state index contributed by atoms with van der Waals surface area (Å²) in [6.07, 6.45) is 51.5. The summed E-state index contributed by atoms with van der Waals surface area (Å²) in [4.78, 5) is 54.3. The van der Waals surface area contributed by atoms with Crippen molar-refractivity contribution in [2.75, 3.05) is 60.1 Å². The lowest BCUT2D eigenvalue weighted by Gasteiger charge is -2.23. The molecule has 0 aromatic rings. The van der Waals surface area contributed by atoms with Gasteiger partial charge in [0, 0.05) is 39.0 Å². The van der Waals surface area contributed by atoms with Gasteiger partial charge in [0.05, 0.1) is 32.7 Å². The molecule has 0 saturated carbocycles. The summed E-state index contributed by atoms with van der Waals surface area (Å²) in [5.74, 6) is -0.548. The molecule has 416 valence electrons. The highest BCUT2D eigenvalue weighted by molar-refractivity contribution is 5.70. The molecule has 0 fully saturated rings. The number of hydrogen-bond acceptors (Lipinski definition) is 10. The minimum atomic E-state index is -0.210. The summed E-state index contributed by atoms with van der Waals surface area (Å²) < 4.78 is 22.5. The van der Waals surface area contributed by atoms with Crippen LogP contribution in [0.5, 0.6) is 0 Å². The molecule has 0 atom stereocenters. The Balaban J connectivity index is 4.00. The molecule has 0 rings (SSSR count). The number of carbonyl (C=O) groups excluding carboxylic acids is 4. The van der Waals surface area contributed by atoms with Crippen molar-refractivity contribution in [3.8, 4) is 0 Å². The lowest BCUT2D eigenvalue weighted by Crippen LogP contribution is -2.35. The Morgan fingerprint density at radius 2 is 0.718 bits per heavy atom. The van der Waals surface area contributed by atoms with E-state index in [1.54, 1.807) is 0 Å². The lowest BCUT2D eigenvalue weighted by atomic mass is 10.0. The van der Waals surface area contributed by atoms with E-state index in [2.05, 4.69) is 54.9 Å². The maximum atomic E-state index is 12.7. The molecule has 0 spiro atoms. The monoisotopic (exact) mass is 1000 g/mol. The predicted molar refractivity (Wildman–Crippen MR) is 298 cm³/mol. The lowest BCUT2D eigenvalue weighted by molar-refractivity contribution is -0.150. The van der Waals surface area contributed by atoms with E-state index in [-0.39, 0.29) is 42.8 Å². The summed E-state index contributed by atoms with van der Waals surface area (Å²) in [7, 11) is 4.04. The molecule has 71 heavy (non-hydrogen) atoms. The fourth-order valence-electron chi connectivity index (χ4n) is 8.66. The number of hydrogen-bond donors (Lipinski definition) is 0. The molecule has 0 saturated heterocycles. The normalized spacial score (nSPS) is 11.8. The van der Waals surface area contributed by atoms with E-state index >= 15 is 0 Å². The highest BCUT2D eigenvalue weighted by Crippen LogP contribution is 2.19. The van der Waals surface area contributed by atoms with Crippen LogP contribution < -0.4 is 0 Å². The molecule has 0 aromatic heterocycles. The first-order valence-electron chi connectivity index (χ1n) is 30.0. The first-order valence-corrected chi connectivity index (χ1v) is 30.0. The molecule has 0 radical (unpaired) electrons. The van der Waals surface area contributed by atoms with Crippen LogP contribution in [0.2, 0.25) is 0 Å². The van der Waals surface area contributed by atoms with Gasteiger partial charge in [-0.2, -0.15) is 0 Å². The minimum Gasteiger partial charge on any atom is -0.466 e. The van der Waals surface area contributed by atoms with Crippen molar-refractivity contribution in [2.24, 2.45) is 0 Å². The van der Waals surface area contributed by atoms with Gasteiger partial charge in [0.1, 0.15) is 6.10 Å². The average Bonchev–Trinajstić information content (AvgIpc) is 3.35. The molecular formula is C61H114N2O8. The van der Waals surface area contributed by atoms with Crippen LogP contribution in [0.4, 0.5) is 0 Å². The fourth-order valence-corrected chi connectivity index (χ4v) is 8.66. The molecule has 10 heteroatoms. The molecule has 10 nitrogen and oxygen atoms in total. The van der Waals surface area contributed by atoms with Gasteiger partial charge in [-0.3, -0.25) is 19.2 Å². The summed E-state index contributed by atoms with van der Waals surface area (Å²) in [5.41, 5.74) is 0. The van der Waals surface area contributed by atoms with Crippen molar-refractivity contribution >= 4 is 23.9 Å². The van der Waals surface area contributed by atoms with E-state index in [1.165, 1.54) is 122 Å². The van der Waals surface area contributed by atoms with Crippen LogP contribution in [0, 0.1) is 0 Å². The van der Waals surface area contributed by atoms with Crippen LogP contribution in [0.1, 0.15) is 278 Å². The number of likely N-dealkylation sites (N-methyl/N-ethyl adjacent to an activating group) is 1. The summed E-state index contributed by atoms with van der Waals surface area (Å²) in [6.45, 7) is 10.8. The maximum Gasteiger partial charge on any atom is 0.307 e. The number of unbranched alkanes of at least 4 members (excludes halogenated alkanes) is 27. The second kappa shape index (κ2) is 55.0. The van der Waals surface area contributed by atoms with E-state index < -0.39 is 0 Å². The number of rotatable bonds is 55. The minimum absolute atomic E-state index is 0.0411. The van der Waals surface area contributed by atoms with E-state index in [1.807, 2.05) is 14.1 Å². The van der Waals surface area contributed by atoms with Crippen LogP contribution >= 0.6 is 0 Å². The van der Waals surface area contributed by atoms with Gasteiger partial charge in [0.2, 0.25) is 0 Å². The Kier molecular flexibility index (Phi) is 52.9. The summed E-state index contributed by atoms with van der Waals surface area (Å²) in [6, 6.07) is 0. The third kappa shape index (κ3) is 53.4. The quantitative estimate of drug-likeness (QED) is 0.0253. The third-order valence-corrected chi connectivity index (χ3v) is 13.4. The largest absolute Gasteiger partial charge is 0.466 e. The van der Waals surface area contributed by atoms with Crippen LogP contribution in [-0.4, -0.2) is 99.9 Å². The number of ether oxygens (including phenoxy) is 4. The number of carbonyl (C=O) groups is 4. The molecule has 0 amide bonds. The molecule has 0 aliphatic carbocycles. The Bertz CT molecular complexity index is 1240. The van der Waals surface area contributed by atoms with Gasteiger partial charge in [-0.05, 0) is 104 Å². The van der Waals surface area contributed by atoms with Crippen LogP contribution in [-0.2, 0) is 38.1 Å². The topological polar surface area (TPSA) is 112 Å². The van der Waals surface area contributed by atoms with Gasteiger partial charge in [-0.25, -0.2) is 0 Å². The van der Waals surface area contributed by atoms with E-state index in [9.17, 15) is 19.2 Å². The van der Waals surface area contributed by atoms with E-state index in [4.69, 9.17) is 18.9 Å². The smallest absolute Gasteiger partial charge is 0.307 e. The fraction of sp³-hybridized carbons (Fsp3) is 0.869. The zero-order chi connectivity index (χ0) is 51.9. The van der Waals surface area contributed by atoms with Crippen molar-refractivity contribution < 1.29 is 38.1 Å². The van der Waals surface area contributed by atoms with Crippen LogP contribution in [0.3, 0.4) is 0 Å². The predicted octanol–water partition coefficient (Wildman–Crippen LogP) is 16.2. The zero-order valence-electron chi connectivity index (χ0n) is 47.3. The highest BCUT2D eigenvalue weighted by Gasteiger charge is 2.15. The van der Waals surface area contributed by atoms with Gasteiger partial charge in [-0.15, -0.1) is 0 Å². The standard InChI is InChI=1S/C61H114N2O8/c1-6-9-12-15-18-19-20-21-22-23-24-25-26-27-34-41-54-68-58(64)46-39-32-28-35-42-55-69-59(65)48-50-63(53-52-62(4)5)51-49-60(66)70-56-43-36-29-33-40-47-61(67)71-57(44-37-30-16-13-10-7-2)45-38-31-17-14-11-8-3/h18-19,21-22,57H,6-17,20,23-56H2,1-5H3/b19-18-,22-21-. The van der Waals surface area contributed by atoms with Crippen molar-refractivity contribution in [2.45, 2.75) is 284 Å². The van der Waals surface area contributed by atoms with Gasteiger partial charge in [0.25, 0.3) is 0 Å².